The van der Waals surface area contributed by atoms with Gasteiger partial charge in [-0.2, -0.15) is 0 Å². The van der Waals surface area contributed by atoms with Crippen molar-refractivity contribution in [2.45, 2.75) is 13.8 Å². The summed E-state index contributed by atoms with van der Waals surface area (Å²) in [5, 5.41) is 3.05. The third-order valence-corrected chi connectivity index (χ3v) is 3.17. The van der Waals surface area contributed by atoms with Crippen LogP contribution in [0, 0.1) is 13.8 Å². The van der Waals surface area contributed by atoms with Crippen LogP contribution < -0.4 is 11.1 Å². The van der Waals surface area contributed by atoms with E-state index >= 15 is 0 Å². The van der Waals surface area contributed by atoms with E-state index < -0.39 is 0 Å². The Morgan fingerprint density at radius 1 is 1.26 bits per heavy atom. The number of carbonyl (C=O) groups is 1. The van der Waals surface area contributed by atoms with Crippen molar-refractivity contribution in [2.75, 3.05) is 11.1 Å². The van der Waals surface area contributed by atoms with Gasteiger partial charge in [0.25, 0.3) is 5.91 Å². The summed E-state index contributed by atoms with van der Waals surface area (Å²) in [6.07, 6.45) is 1.60. The standard InChI is InChI=1S/C14H14ClN3O/c1-8-5-6-17-13(15)12(8)18-14(19)10-3-4-11(16)9(2)7-10/h3-7H,16H2,1-2H3,(H,18,19). The summed E-state index contributed by atoms with van der Waals surface area (Å²) >= 11 is 5.97. The molecule has 0 aliphatic heterocycles. The van der Waals surface area contributed by atoms with Crippen molar-refractivity contribution in [3.05, 3.63) is 52.3 Å². The van der Waals surface area contributed by atoms with Crippen molar-refractivity contribution in [1.29, 1.82) is 0 Å². The second kappa shape index (κ2) is 5.28. The maximum Gasteiger partial charge on any atom is 0.255 e. The average Bonchev–Trinajstić information content (AvgIpc) is 2.37. The Balaban J connectivity index is 2.28. The maximum atomic E-state index is 12.1. The first-order chi connectivity index (χ1) is 8.99. The number of nitrogens with zero attached hydrogens (tertiary/aromatic N) is 1. The highest BCUT2D eigenvalue weighted by Gasteiger charge is 2.11. The number of amides is 1. The summed E-state index contributed by atoms with van der Waals surface area (Å²) < 4.78 is 0. The molecule has 1 heterocycles. The molecule has 1 aromatic carbocycles. The first-order valence-corrected chi connectivity index (χ1v) is 6.15. The zero-order chi connectivity index (χ0) is 14.0. The van der Waals surface area contributed by atoms with Gasteiger partial charge in [-0.25, -0.2) is 4.98 Å². The normalized spacial score (nSPS) is 10.3. The number of halogens is 1. The predicted octanol–water partition coefficient (Wildman–Crippen LogP) is 3.19. The molecule has 0 aliphatic rings. The number of carbonyl (C=O) groups excluding carboxylic acids is 1. The van der Waals surface area contributed by atoms with Crippen LogP contribution in [0.5, 0.6) is 0 Å². The minimum Gasteiger partial charge on any atom is -0.399 e. The minimum atomic E-state index is -0.235. The fourth-order valence-corrected chi connectivity index (χ4v) is 1.93. The fourth-order valence-electron chi connectivity index (χ4n) is 1.68. The lowest BCUT2D eigenvalue weighted by molar-refractivity contribution is 0.102. The number of aryl methyl sites for hydroxylation is 2. The molecule has 0 fully saturated rings. The number of pyridine rings is 1. The lowest BCUT2D eigenvalue weighted by atomic mass is 10.1. The van der Waals surface area contributed by atoms with Crippen molar-refractivity contribution >= 4 is 28.9 Å². The van der Waals surface area contributed by atoms with Gasteiger partial charge < -0.3 is 11.1 Å². The van der Waals surface area contributed by atoms with Crippen LogP contribution in [0.15, 0.2) is 30.5 Å². The number of nitrogens with two attached hydrogens (primary N) is 1. The van der Waals surface area contributed by atoms with E-state index in [1.807, 2.05) is 13.8 Å². The molecule has 2 aromatic rings. The third kappa shape index (κ3) is 2.85. The van der Waals surface area contributed by atoms with E-state index in [2.05, 4.69) is 10.3 Å². The second-order valence-electron chi connectivity index (χ2n) is 4.32. The number of hydrogen-bond acceptors (Lipinski definition) is 3. The number of aromatic nitrogens is 1. The molecule has 1 amide bonds. The van der Waals surface area contributed by atoms with E-state index in [9.17, 15) is 4.79 Å². The second-order valence-corrected chi connectivity index (χ2v) is 4.68. The van der Waals surface area contributed by atoms with Crippen LogP contribution in [0.4, 0.5) is 11.4 Å². The molecule has 0 saturated heterocycles. The van der Waals surface area contributed by atoms with Crippen LogP contribution in [-0.2, 0) is 0 Å². The van der Waals surface area contributed by atoms with E-state index in [1.54, 1.807) is 30.5 Å². The Kier molecular flexibility index (Phi) is 3.71. The molecule has 0 unspecified atom stereocenters. The van der Waals surface area contributed by atoms with Gasteiger partial charge in [0.15, 0.2) is 5.15 Å². The molecule has 5 heteroatoms. The van der Waals surface area contributed by atoms with Crippen LogP contribution in [0.2, 0.25) is 5.15 Å². The van der Waals surface area contributed by atoms with Gasteiger partial charge in [0.1, 0.15) is 0 Å². The Hall–Kier alpha value is -2.07. The van der Waals surface area contributed by atoms with Crippen molar-refractivity contribution in [1.82, 2.24) is 4.98 Å². The van der Waals surface area contributed by atoms with Crippen molar-refractivity contribution in [2.24, 2.45) is 0 Å². The topological polar surface area (TPSA) is 68.0 Å². The summed E-state index contributed by atoms with van der Waals surface area (Å²) in [6.45, 7) is 3.71. The first-order valence-electron chi connectivity index (χ1n) is 5.77. The summed E-state index contributed by atoms with van der Waals surface area (Å²) in [4.78, 5) is 16.1. The number of rotatable bonds is 2. The summed E-state index contributed by atoms with van der Waals surface area (Å²) in [6, 6.07) is 6.92. The van der Waals surface area contributed by atoms with Crippen molar-refractivity contribution in [3.63, 3.8) is 0 Å². The van der Waals surface area contributed by atoms with E-state index in [1.165, 1.54) is 0 Å². The highest BCUT2D eigenvalue weighted by atomic mass is 35.5. The summed E-state index contributed by atoms with van der Waals surface area (Å²) in [7, 11) is 0. The van der Waals surface area contributed by atoms with Gasteiger partial charge in [0, 0.05) is 17.4 Å². The van der Waals surface area contributed by atoms with Gasteiger partial charge in [-0.15, -0.1) is 0 Å². The number of benzene rings is 1. The third-order valence-electron chi connectivity index (χ3n) is 2.88. The average molecular weight is 276 g/mol. The van der Waals surface area contributed by atoms with Crippen molar-refractivity contribution < 1.29 is 4.79 Å². The van der Waals surface area contributed by atoms with E-state index in [4.69, 9.17) is 17.3 Å². The lowest BCUT2D eigenvalue weighted by Gasteiger charge is -2.10. The number of anilines is 2. The number of nitrogen functional groups attached to an aromatic ring is 1. The van der Waals surface area contributed by atoms with Gasteiger partial charge in [-0.3, -0.25) is 4.79 Å². The largest absolute Gasteiger partial charge is 0.399 e. The maximum absolute atomic E-state index is 12.1. The zero-order valence-corrected chi connectivity index (χ0v) is 11.5. The molecule has 19 heavy (non-hydrogen) atoms. The Bertz CT molecular complexity index is 620. The molecule has 0 aliphatic carbocycles. The Labute approximate surface area is 116 Å². The molecule has 98 valence electrons. The molecule has 4 nitrogen and oxygen atoms in total. The van der Waals surface area contributed by atoms with Crippen molar-refractivity contribution in [3.8, 4) is 0 Å². The molecular weight excluding hydrogens is 262 g/mol. The van der Waals surface area contributed by atoms with Gasteiger partial charge in [0.2, 0.25) is 0 Å². The predicted molar refractivity (Wildman–Crippen MR) is 77.5 cm³/mol. The Morgan fingerprint density at radius 2 is 2.00 bits per heavy atom. The summed E-state index contributed by atoms with van der Waals surface area (Å²) in [5.74, 6) is -0.235. The van der Waals surface area contributed by atoms with E-state index in [-0.39, 0.29) is 11.1 Å². The van der Waals surface area contributed by atoms with Gasteiger partial charge in [0.05, 0.1) is 5.69 Å². The van der Waals surface area contributed by atoms with Crippen LogP contribution in [-0.4, -0.2) is 10.9 Å². The molecule has 1 aromatic heterocycles. The molecule has 2 rings (SSSR count). The number of nitrogens with one attached hydrogen (secondary N) is 1. The first kappa shape index (κ1) is 13.4. The molecule has 0 radical (unpaired) electrons. The molecule has 3 N–H and O–H groups in total. The molecule has 0 atom stereocenters. The van der Waals surface area contributed by atoms with Crippen LogP contribution in [0.25, 0.3) is 0 Å². The highest BCUT2D eigenvalue weighted by molar-refractivity contribution is 6.32. The quantitative estimate of drug-likeness (QED) is 0.653. The highest BCUT2D eigenvalue weighted by Crippen LogP contribution is 2.23. The monoisotopic (exact) mass is 275 g/mol. The molecule has 0 spiro atoms. The van der Waals surface area contributed by atoms with Gasteiger partial charge in [-0.05, 0) is 49.2 Å². The van der Waals surface area contributed by atoms with Crippen LogP contribution >= 0.6 is 11.6 Å². The van der Waals surface area contributed by atoms with Crippen LogP contribution in [0.3, 0.4) is 0 Å². The molecule has 0 saturated carbocycles. The minimum absolute atomic E-state index is 0.235. The smallest absolute Gasteiger partial charge is 0.255 e. The van der Waals surface area contributed by atoms with E-state index in [0.29, 0.717) is 16.9 Å². The molecule has 0 bridgehead atoms. The van der Waals surface area contributed by atoms with Gasteiger partial charge >= 0.3 is 0 Å². The number of hydrogen-bond donors (Lipinski definition) is 2. The zero-order valence-electron chi connectivity index (χ0n) is 10.7. The van der Waals surface area contributed by atoms with Gasteiger partial charge in [-0.1, -0.05) is 11.6 Å². The van der Waals surface area contributed by atoms with E-state index in [0.717, 1.165) is 11.1 Å². The SMILES string of the molecule is Cc1cc(C(=O)Nc2c(C)ccnc2Cl)ccc1N. The van der Waals surface area contributed by atoms with Crippen LogP contribution in [0.1, 0.15) is 21.5 Å². The summed E-state index contributed by atoms with van der Waals surface area (Å²) in [5.41, 5.74) is 9.17. The Morgan fingerprint density at radius 3 is 2.63 bits per heavy atom. The molecular formula is C14H14ClN3O. The fraction of sp³-hybridized carbons (Fsp3) is 0.143. The lowest BCUT2D eigenvalue weighted by Crippen LogP contribution is -2.14.